The van der Waals surface area contributed by atoms with Crippen LogP contribution >= 0.6 is 23.1 Å². The third-order valence-electron chi connectivity index (χ3n) is 3.53. The molecule has 0 aromatic carbocycles. The van der Waals surface area contributed by atoms with Crippen LogP contribution in [0.25, 0.3) is 0 Å². The molecule has 8 heteroatoms. The molecule has 0 aliphatic heterocycles. The Bertz CT molecular complexity index is 682. The summed E-state index contributed by atoms with van der Waals surface area (Å²) >= 11 is 1.74. The molecule has 0 radical (unpaired) electrons. The van der Waals surface area contributed by atoms with Crippen LogP contribution in [0.5, 0.6) is 0 Å². The fraction of sp³-hybridized carbons (Fsp3) is 0.400. The molecule has 1 aliphatic carbocycles. The number of nitrogens with one attached hydrogen (secondary N) is 1. The number of aromatic nitrogens is 2. The lowest BCUT2D eigenvalue weighted by Crippen LogP contribution is -2.13. The van der Waals surface area contributed by atoms with Crippen LogP contribution in [0.15, 0.2) is 23.4 Å². The number of anilines is 1. The highest BCUT2D eigenvalue weighted by Crippen LogP contribution is 2.30. The van der Waals surface area contributed by atoms with E-state index < -0.39 is 11.7 Å². The van der Waals surface area contributed by atoms with E-state index in [1.807, 2.05) is 0 Å². The molecule has 0 bridgehead atoms. The summed E-state index contributed by atoms with van der Waals surface area (Å²) in [4.78, 5) is 21.9. The van der Waals surface area contributed by atoms with Gasteiger partial charge in [0.15, 0.2) is 5.13 Å². The predicted octanol–water partition coefficient (Wildman–Crippen LogP) is 4.37. The second-order valence-electron chi connectivity index (χ2n) is 5.14. The summed E-state index contributed by atoms with van der Waals surface area (Å²) in [5.41, 5.74) is 1.19. The minimum absolute atomic E-state index is 0.0260. The first-order valence-corrected chi connectivity index (χ1v) is 9.03. The van der Waals surface area contributed by atoms with Crippen molar-refractivity contribution >= 4 is 34.1 Å². The highest BCUT2D eigenvalue weighted by molar-refractivity contribution is 7.99. The average Bonchev–Trinajstić information content (AvgIpc) is 2.75. The summed E-state index contributed by atoms with van der Waals surface area (Å²) in [7, 11) is 0. The zero-order valence-electron chi connectivity index (χ0n) is 12.2. The molecule has 2 aromatic rings. The molecule has 2 heterocycles. The van der Waals surface area contributed by atoms with Crippen LogP contribution in [0, 0.1) is 0 Å². The van der Waals surface area contributed by atoms with Crippen molar-refractivity contribution in [2.45, 2.75) is 42.9 Å². The number of thioether (sulfide) groups is 1. The number of alkyl halides is 2. The Balaban J connectivity index is 1.77. The highest BCUT2D eigenvalue weighted by atomic mass is 32.2. The minimum atomic E-state index is -2.62. The van der Waals surface area contributed by atoms with E-state index in [1.54, 1.807) is 6.07 Å². The van der Waals surface area contributed by atoms with E-state index in [0.717, 1.165) is 31.4 Å². The van der Waals surface area contributed by atoms with Crippen LogP contribution in [-0.4, -0.2) is 21.6 Å². The monoisotopic (exact) mass is 355 g/mol. The molecule has 2 aromatic heterocycles. The van der Waals surface area contributed by atoms with Crippen LogP contribution in [0.4, 0.5) is 13.9 Å². The van der Waals surface area contributed by atoms with Crippen molar-refractivity contribution in [3.05, 3.63) is 34.5 Å². The molecule has 0 saturated heterocycles. The van der Waals surface area contributed by atoms with Gasteiger partial charge in [0, 0.05) is 11.1 Å². The Morgan fingerprint density at radius 2 is 2.13 bits per heavy atom. The van der Waals surface area contributed by atoms with E-state index >= 15 is 0 Å². The number of aryl methyl sites for hydroxylation is 2. The molecular weight excluding hydrogens is 340 g/mol. The fourth-order valence-electron chi connectivity index (χ4n) is 2.49. The smallest absolute Gasteiger partial charge is 0.290 e. The third-order valence-corrected chi connectivity index (χ3v) is 5.33. The molecule has 0 spiro atoms. The first-order valence-electron chi connectivity index (χ1n) is 7.33. The first kappa shape index (κ1) is 16.3. The van der Waals surface area contributed by atoms with Gasteiger partial charge in [-0.1, -0.05) is 6.42 Å². The molecule has 1 amide bonds. The lowest BCUT2D eigenvalue weighted by atomic mass is 10.2. The van der Waals surface area contributed by atoms with Gasteiger partial charge in [-0.15, -0.1) is 11.3 Å². The molecule has 23 heavy (non-hydrogen) atoms. The number of rotatable bonds is 4. The molecule has 1 aliphatic rings. The summed E-state index contributed by atoms with van der Waals surface area (Å²) in [5.74, 6) is -3.07. The third kappa shape index (κ3) is 4.06. The molecule has 0 saturated carbocycles. The van der Waals surface area contributed by atoms with Gasteiger partial charge in [0.2, 0.25) is 0 Å². The number of nitrogens with zero attached hydrogens (tertiary/aromatic N) is 2. The normalized spacial score (nSPS) is 14.4. The van der Waals surface area contributed by atoms with E-state index in [2.05, 4.69) is 15.3 Å². The molecule has 3 rings (SSSR count). The predicted molar refractivity (Wildman–Crippen MR) is 87.4 cm³/mol. The van der Waals surface area contributed by atoms with Gasteiger partial charge in [0.05, 0.1) is 11.3 Å². The number of pyridine rings is 1. The first-order chi connectivity index (χ1) is 11.1. The van der Waals surface area contributed by atoms with Gasteiger partial charge in [-0.2, -0.15) is 8.78 Å². The second kappa shape index (κ2) is 7.35. The van der Waals surface area contributed by atoms with Gasteiger partial charge in [0.25, 0.3) is 11.7 Å². The lowest BCUT2D eigenvalue weighted by molar-refractivity contribution is 0.102. The number of carbonyl (C=O) groups is 1. The van der Waals surface area contributed by atoms with Crippen molar-refractivity contribution in [1.29, 1.82) is 0 Å². The van der Waals surface area contributed by atoms with Crippen LogP contribution < -0.4 is 5.32 Å². The number of carbonyl (C=O) groups excluding carboxylic acids is 1. The maximum Gasteiger partial charge on any atom is 0.290 e. The fourth-order valence-corrected chi connectivity index (χ4v) is 4.11. The van der Waals surface area contributed by atoms with Crippen molar-refractivity contribution in [2.24, 2.45) is 0 Å². The summed E-state index contributed by atoms with van der Waals surface area (Å²) in [6.45, 7) is 0. The zero-order valence-corrected chi connectivity index (χ0v) is 13.9. The zero-order chi connectivity index (χ0) is 16.2. The van der Waals surface area contributed by atoms with Gasteiger partial charge in [-0.25, -0.2) is 9.97 Å². The highest BCUT2D eigenvalue weighted by Gasteiger charge is 2.19. The van der Waals surface area contributed by atoms with Gasteiger partial charge >= 0.3 is 0 Å². The van der Waals surface area contributed by atoms with E-state index in [4.69, 9.17) is 0 Å². The molecule has 122 valence electrons. The number of hydrogen-bond acceptors (Lipinski definition) is 5. The van der Waals surface area contributed by atoms with Crippen LogP contribution in [0.2, 0.25) is 0 Å². The maximum absolute atomic E-state index is 12.6. The molecule has 1 N–H and O–H groups in total. The van der Waals surface area contributed by atoms with Crippen LogP contribution in [0.3, 0.4) is 0 Å². The van der Waals surface area contributed by atoms with Gasteiger partial charge in [-0.3, -0.25) is 10.1 Å². The number of hydrogen-bond donors (Lipinski definition) is 1. The molecule has 0 fully saturated rings. The van der Waals surface area contributed by atoms with E-state index in [9.17, 15) is 13.6 Å². The Morgan fingerprint density at radius 3 is 2.96 bits per heavy atom. The Hall–Kier alpha value is -1.54. The second-order valence-corrected chi connectivity index (χ2v) is 7.20. The standard InChI is InChI=1S/C15H15F2N3OS2/c16-14(17)23-13-9(5-4-8-18-13)12(21)20-15-19-10-6-2-1-3-7-11(10)22-15/h4-5,8,14H,1-3,6-7H2,(H,19,20,21). The van der Waals surface area contributed by atoms with Crippen molar-refractivity contribution < 1.29 is 13.6 Å². The number of fused-ring (bicyclic) bond motifs is 1. The lowest BCUT2D eigenvalue weighted by Gasteiger charge is -2.06. The van der Waals surface area contributed by atoms with Gasteiger partial charge < -0.3 is 0 Å². The SMILES string of the molecule is O=C(Nc1nc2c(s1)CCCCC2)c1cccnc1SC(F)F. The van der Waals surface area contributed by atoms with E-state index in [0.29, 0.717) is 5.13 Å². The summed E-state index contributed by atoms with van der Waals surface area (Å²) < 4.78 is 25.1. The molecular formula is C15H15F2N3OS2. The quantitative estimate of drug-likeness (QED) is 0.653. The largest absolute Gasteiger partial charge is 0.298 e. The van der Waals surface area contributed by atoms with Crippen LogP contribution in [0.1, 0.15) is 40.2 Å². The van der Waals surface area contributed by atoms with Crippen LogP contribution in [-0.2, 0) is 12.8 Å². The van der Waals surface area contributed by atoms with Crippen molar-refractivity contribution in [1.82, 2.24) is 9.97 Å². The summed E-state index contributed by atoms with van der Waals surface area (Å²) in [6.07, 6.45) is 6.77. The van der Waals surface area contributed by atoms with Crippen molar-refractivity contribution in [3.63, 3.8) is 0 Å². The summed E-state index contributed by atoms with van der Waals surface area (Å²) in [6, 6.07) is 3.05. The van der Waals surface area contributed by atoms with E-state index in [1.165, 1.54) is 34.9 Å². The number of amides is 1. The Kier molecular flexibility index (Phi) is 5.22. The van der Waals surface area contributed by atoms with Gasteiger partial charge in [-0.05, 0) is 49.6 Å². The van der Waals surface area contributed by atoms with Crippen molar-refractivity contribution in [3.8, 4) is 0 Å². The number of halogens is 2. The summed E-state index contributed by atoms with van der Waals surface area (Å²) in [5, 5.41) is 3.27. The van der Waals surface area contributed by atoms with Gasteiger partial charge in [0.1, 0.15) is 5.03 Å². The van der Waals surface area contributed by atoms with E-state index in [-0.39, 0.29) is 22.4 Å². The minimum Gasteiger partial charge on any atom is -0.298 e. The number of thiazole rings is 1. The van der Waals surface area contributed by atoms with Crippen molar-refractivity contribution in [2.75, 3.05) is 5.32 Å². The molecule has 4 nitrogen and oxygen atoms in total. The topological polar surface area (TPSA) is 54.9 Å². The Morgan fingerprint density at radius 1 is 1.30 bits per heavy atom. The average molecular weight is 355 g/mol. The maximum atomic E-state index is 12.6. The molecule has 0 unspecified atom stereocenters. The Labute approximate surface area is 140 Å². The molecule has 0 atom stereocenters.